The number of piperazine rings is 1. The first-order chi connectivity index (χ1) is 16.1. The van der Waals surface area contributed by atoms with Crippen molar-refractivity contribution in [3.8, 4) is 5.75 Å². The van der Waals surface area contributed by atoms with E-state index in [0.717, 1.165) is 64.4 Å². The van der Waals surface area contributed by atoms with Gasteiger partial charge in [0.2, 0.25) is 0 Å². The maximum absolute atomic E-state index is 6.37. The van der Waals surface area contributed by atoms with Gasteiger partial charge < -0.3 is 24.6 Å². The Hall–Kier alpha value is -3.01. The lowest BCUT2D eigenvalue weighted by molar-refractivity contribution is 0.0931. The summed E-state index contributed by atoms with van der Waals surface area (Å²) in [5.41, 5.74) is 5.77. The molecule has 1 aliphatic rings. The van der Waals surface area contributed by atoms with Crippen LogP contribution >= 0.6 is 11.3 Å². The van der Waals surface area contributed by atoms with Crippen molar-refractivity contribution in [2.45, 2.75) is 13.0 Å². The molecule has 9 heteroatoms. The number of thiazole rings is 1. The number of ether oxygens (including phenoxy) is 2. The summed E-state index contributed by atoms with van der Waals surface area (Å²) in [6.45, 7) is 6.52. The minimum absolute atomic E-state index is 0.109. The molecule has 8 nitrogen and oxygen atoms in total. The summed E-state index contributed by atoms with van der Waals surface area (Å²) in [5.74, 6) is 1.47. The number of likely N-dealkylation sites (N-methyl/N-ethyl adjacent to an activating group) is 1. The molecule has 172 valence electrons. The molecule has 0 unspecified atom stereocenters. The van der Waals surface area contributed by atoms with Crippen LogP contribution in [0.15, 0.2) is 42.2 Å². The third-order valence-corrected chi connectivity index (χ3v) is 6.67. The number of nitrogens with zero attached hydrogens (tertiary/aromatic N) is 5. The Morgan fingerprint density at radius 3 is 2.73 bits per heavy atom. The van der Waals surface area contributed by atoms with Crippen molar-refractivity contribution >= 4 is 49.6 Å². The van der Waals surface area contributed by atoms with Gasteiger partial charge in [0.25, 0.3) is 0 Å². The Labute approximate surface area is 197 Å². The van der Waals surface area contributed by atoms with Crippen LogP contribution in [-0.2, 0) is 4.74 Å². The van der Waals surface area contributed by atoms with Crippen LogP contribution in [0.2, 0.25) is 0 Å². The Morgan fingerprint density at radius 2 is 1.91 bits per heavy atom. The van der Waals surface area contributed by atoms with Crippen LogP contribution in [0.1, 0.15) is 6.92 Å². The molecule has 3 heterocycles. The quantitative estimate of drug-likeness (QED) is 0.437. The number of hydrogen-bond donors (Lipinski definition) is 1. The third-order valence-electron chi connectivity index (χ3n) is 5.88. The lowest BCUT2D eigenvalue weighted by Gasteiger charge is -2.34. The Bertz CT molecular complexity index is 1250. The van der Waals surface area contributed by atoms with E-state index in [-0.39, 0.29) is 6.10 Å². The molecule has 2 aromatic carbocycles. The molecule has 5 rings (SSSR count). The van der Waals surface area contributed by atoms with Crippen LogP contribution in [0, 0.1) is 0 Å². The average molecular weight is 465 g/mol. The summed E-state index contributed by atoms with van der Waals surface area (Å²) in [7, 11) is 3.85. The molecule has 1 N–H and O–H groups in total. The van der Waals surface area contributed by atoms with Gasteiger partial charge in [-0.3, -0.25) is 0 Å². The number of aromatic nitrogens is 3. The zero-order valence-corrected chi connectivity index (χ0v) is 19.9. The van der Waals surface area contributed by atoms with Gasteiger partial charge in [-0.05, 0) is 38.2 Å². The van der Waals surface area contributed by atoms with Gasteiger partial charge in [0, 0.05) is 50.7 Å². The molecule has 1 atom stereocenters. The Kier molecular flexibility index (Phi) is 6.26. The summed E-state index contributed by atoms with van der Waals surface area (Å²) in [4.78, 5) is 18.3. The first-order valence-corrected chi connectivity index (χ1v) is 12.0. The normalized spacial score (nSPS) is 15.8. The molecule has 1 saturated heterocycles. The van der Waals surface area contributed by atoms with E-state index in [1.165, 1.54) is 0 Å². The molecule has 4 aromatic rings. The van der Waals surface area contributed by atoms with Crippen molar-refractivity contribution in [2.75, 3.05) is 57.2 Å². The van der Waals surface area contributed by atoms with Gasteiger partial charge in [0.05, 0.1) is 33.2 Å². The van der Waals surface area contributed by atoms with Crippen molar-refractivity contribution < 1.29 is 9.47 Å². The summed E-state index contributed by atoms with van der Waals surface area (Å²) in [6, 6.07) is 10.4. The number of anilines is 3. The van der Waals surface area contributed by atoms with E-state index in [1.807, 2.05) is 24.6 Å². The van der Waals surface area contributed by atoms with E-state index < -0.39 is 0 Å². The molecular formula is C24H28N6O2S. The van der Waals surface area contributed by atoms with Gasteiger partial charge in [-0.25, -0.2) is 15.0 Å². The number of hydrogen-bond acceptors (Lipinski definition) is 9. The van der Waals surface area contributed by atoms with E-state index >= 15 is 0 Å². The molecule has 1 fully saturated rings. The third kappa shape index (κ3) is 4.71. The number of nitrogens with one attached hydrogen (secondary N) is 1. The first-order valence-electron chi connectivity index (χ1n) is 11.1. The van der Waals surface area contributed by atoms with Crippen LogP contribution in [0.3, 0.4) is 0 Å². The van der Waals surface area contributed by atoms with Crippen LogP contribution in [0.4, 0.5) is 17.2 Å². The van der Waals surface area contributed by atoms with Crippen molar-refractivity contribution in [3.63, 3.8) is 0 Å². The van der Waals surface area contributed by atoms with E-state index in [2.05, 4.69) is 55.3 Å². The maximum atomic E-state index is 6.37. The number of methoxy groups -OCH3 is 1. The minimum atomic E-state index is -0.109. The van der Waals surface area contributed by atoms with Gasteiger partial charge in [-0.15, -0.1) is 11.3 Å². The highest BCUT2D eigenvalue weighted by Gasteiger charge is 2.20. The van der Waals surface area contributed by atoms with E-state index in [1.54, 1.807) is 24.8 Å². The number of benzene rings is 2. The van der Waals surface area contributed by atoms with Gasteiger partial charge in [0.15, 0.2) is 0 Å². The largest absolute Gasteiger partial charge is 0.487 e. The minimum Gasteiger partial charge on any atom is -0.487 e. The first kappa shape index (κ1) is 21.8. The van der Waals surface area contributed by atoms with Crippen LogP contribution in [0.5, 0.6) is 5.75 Å². The smallest absolute Gasteiger partial charge is 0.145 e. The monoisotopic (exact) mass is 464 g/mol. The summed E-state index contributed by atoms with van der Waals surface area (Å²) < 4.78 is 12.8. The predicted octanol–water partition coefficient (Wildman–Crippen LogP) is 4.15. The topological polar surface area (TPSA) is 75.6 Å². The lowest BCUT2D eigenvalue weighted by atomic mass is 10.1. The summed E-state index contributed by atoms with van der Waals surface area (Å²) in [6.07, 6.45) is 1.49. The van der Waals surface area contributed by atoms with Gasteiger partial charge in [0.1, 0.15) is 24.0 Å². The molecule has 0 aliphatic carbocycles. The van der Waals surface area contributed by atoms with Gasteiger partial charge in [-0.2, -0.15) is 0 Å². The van der Waals surface area contributed by atoms with E-state index in [0.29, 0.717) is 12.4 Å². The van der Waals surface area contributed by atoms with Crippen molar-refractivity contribution in [1.82, 2.24) is 19.9 Å². The van der Waals surface area contributed by atoms with Crippen molar-refractivity contribution in [2.24, 2.45) is 0 Å². The molecular weight excluding hydrogens is 436 g/mol. The zero-order valence-electron chi connectivity index (χ0n) is 19.1. The molecule has 0 saturated carbocycles. The highest BCUT2D eigenvalue weighted by atomic mass is 32.1. The molecule has 0 amide bonds. The predicted molar refractivity (Wildman–Crippen MR) is 134 cm³/mol. The second kappa shape index (κ2) is 9.46. The van der Waals surface area contributed by atoms with Crippen molar-refractivity contribution in [3.05, 3.63) is 42.2 Å². The molecule has 2 aromatic heterocycles. The Balaban J connectivity index is 1.55. The molecule has 0 radical (unpaired) electrons. The van der Waals surface area contributed by atoms with Crippen LogP contribution in [0.25, 0.3) is 21.1 Å². The van der Waals surface area contributed by atoms with E-state index in [9.17, 15) is 0 Å². The summed E-state index contributed by atoms with van der Waals surface area (Å²) in [5, 5.41) is 4.34. The standard InChI is InChI=1S/C24H28N6O2S/c1-16(13-31-3)32-21-12-18(30-8-6-29(2)7-9-30)11-20-23(21)24(26-14-25-20)28-17-4-5-19-22(10-17)33-15-27-19/h4-5,10-12,14-16H,6-9,13H2,1-3H3,(H,25,26,28)/t16-/m1/s1. The SMILES string of the molecule is COC[C@@H](C)Oc1cc(N2CCN(C)CC2)cc2ncnc(Nc3ccc4ncsc4c3)c12. The highest BCUT2D eigenvalue weighted by Crippen LogP contribution is 2.37. The van der Waals surface area contributed by atoms with Gasteiger partial charge in [-0.1, -0.05) is 0 Å². The zero-order chi connectivity index (χ0) is 22.8. The molecule has 1 aliphatic heterocycles. The highest BCUT2D eigenvalue weighted by molar-refractivity contribution is 7.16. The fourth-order valence-corrected chi connectivity index (χ4v) is 4.85. The second-order valence-corrected chi connectivity index (χ2v) is 9.28. The number of rotatable bonds is 7. The molecule has 0 spiro atoms. The molecule has 33 heavy (non-hydrogen) atoms. The second-order valence-electron chi connectivity index (χ2n) is 8.39. The summed E-state index contributed by atoms with van der Waals surface area (Å²) >= 11 is 1.62. The molecule has 0 bridgehead atoms. The van der Waals surface area contributed by atoms with Crippen LogP contribution < -0.4 is 15.0 Å². The number of fused-ring (bicyclic) bond motifs is 2. The average Bonchev–Trinajstić information content (AvgIpc) is 3.27. The fourth-order valence-electron chi connectivity index (χ4n) is 4.13. The lowest BCUT2D eigenvalue weighted by Crippen LogP contribution is -2.44. The van der Waals surface area contributed by atoms with Gasteiger partial charge >= 0.3 is 0 Å². The van der Waals surface area contributed by atoms with E-state index in [4.69, 9.17) is 9.47 Å². The fraction of sp³-hybridized carbons (Fsp3) is 0.375. The van der Waals surface area contributed by atoms with Crippen LogP contribution in [-0.4, -0.2) is 72.9 Å². The maximum Gasteiger partial charge on any atom is 0.145 e. The van der Waals surface area contributed by atoms with Crippen molar-refractivity contribution in [1.29, 1.82) is 0 Å². The Morgan fingerprint density at radius 1 is 1.06 bits per heavy atom.